The summed E-state index contributed by atoms with van der Waals surface area (Å²) in [5, 5.41) is 2.75. The largest absolute Gasteiger partial charge is 0.327 e. The predicted octanol–water partition coefficient (Wildman–Crippen LogP) is 3.40. The fraction of sp³-hybridized carbons (Fsp3) is 0.474. The molecule has 1 heterocycles. The van der Waals surface area contributed by atoms with Gasteiger partial charge in [0, 0.05) is 25.7 Å². The molecule has 2 aromatic carbocycles. The van der Waals surface area contributed by atoms with Crippen LogP contribution in [0.15, 0.2) is 42.5 Å². The number of nitrogens with two attached hydrogens (primary N) is 1. The highest BCUT2D eigenvalue weighted by atomic mass is 15.2. The number of rotatable bonds is 2. The second kappa shape index (κ2) is 5.43. The Bertz CT molecular complexity index is 631. The van der Waals surface area contributed by atoms with Gasteiger partial charge in [-0.05, 0) is 41.0 Å². The monoisotopic (exact) mass is 280 g/mol. The van der Waals surface area contributed by atoms with Crippen molar-refractivity contribution in [3.05, 3.63) is 48.0 Å². The molecule has 3 unspecified atom stereocenters. The van der Waals surface area contributed by atoms with Crippen molar-refractivity contribution < 1.29 is 0 Å². The summed E-state index contributed by atoms with van der Waals surface area (Å²) in [6, 6.07) is 15.8. The first-order chi connectivity index (χ1) is 10.3. The third-order valence-electron chi connectivity index (χ3n) is 5.50. The summed E-state index contributed by atoms with van der Waals surface area (Å²) in [5.41, 5.74) is 7.80. The Morgan fingerprint density at radius 1 is 1.00 bits per heavy atom. The average molecular weight is 280 g/mol. The van der Waals surface area contributed by atoms with Crippen molar-refractivity contribution >= 4 is 10.8 Å². The summed E-state index contributed by atoms with van der Waals surface area (Å²) in [4.78, 5) is 2.63. The van der Waals surface area contributed by atoms with Crippen LogP contribution in [-0.4, -0.2) is 24.0 Å². The minimum atomic E-state index is 0.432. The minimum Gasteiger partial charge on any atom is -0.327 e. The van der Waals surface area contributed by atoms with Gasteiger partial charge in [0.1, 0.15) is 0 Å². The lowest BCUT2D eigenvalue weighted by Gasteiger charge is -2.29. The molecule has 2 fully saturated rings. The van der Waals surface area contributed by atoms with Crippen LogP contribution in [0.5, 0.6) is 0 Å². The lowest BCUT2D eigenvalue weighted by atomic mass is 9.78. The summed E-state index contributed by atoms with van der Waals surface area (Å²) < 4.78 is 0. The number of fused-ring (bicyclic) bond motifs is 2. The maximum Gasteiger partial charge on any atom is 0.0240 e. The van der Waals surface area contributed by atoms with Crippen LogP contribution >= 0.6 is 0 Å². The number of hydrogen-bond acceptors (Lipinski definition) is 2. The second-order valence-electron chi connectivity index (χ2n) is 6.85. The fourth-order valence-electron chi connectivity index (χ4n) is 4.41. The standard InChI is InChI=1S/C19H24N2/c20-19-10-4-8-16-12-21(13-18(16)19)11-15-7-3-6-14-5-1-2-9-17(14)15/h1-3,5-7,9,16,18-19H,4,8,10-13,20H2. The van der Waals surface area contributed by atoms with Gasteiger partial charge >= 0.3 is 0 Å². The van der Waals surface area contributed by atoms with E-state index in [0.29, 0.717) is 6.04 Å². The SMILES string of the molecule is NC1CCCC2CN(Cc3cccc4ccccc34)CC12. The highest BCUT2D eigenvalue weighted by Crippen LogP contribution is 2.36. The van der Waals surface area contributed by atoms with Gasteiger partial charge in [-0.2, -0.15) is 0 Å². The van der Waals surface area contributed by atoms with Crippen LogP contribution < -0.4 is 5.73 Å². The molecule has 2 nitrogen and oxygen atoms in total. The van der Waals surface area contributed by atoms with Gasteiger partial charge in [-0.1, -0.05) is 48.9 Å². The molecule has 1 saturated heterocycles. The molecule has 0 amide bonds. The van der Waals surface area contributed by atoms with Crippen molar-refractivity contribution in [2.75, 3.05) is 13.1 Å². The highest BCUT2D eigenvalue weighted by Gasteiger charge is 2.38. The summed E-state index contributed by atoms with van der Waals surface area (Å²) in [7, 11) is 0. The van der Waals surface area contributed by atoms with Crippen molar-refractivity contribution in [1.82, 2.24) is 4.90 Å². The third-order valence-corrected chi connectivity index (χ3v) is 5.50. The van der Waals surface area contributed by atoms with E-state index >= 15 is 0 Å². The second-order valence-corrected chi connectivity index (χ2v) is 6.85. The number of benzene rings is 2. The first kappa shape index (κ1) is 13.3. The Morgan fingerprint density at radius 3 is 2.76 bits per heavy atom. The summed E-state index contributed by atoms with van der Waals surface area (Å²) in [6.45, 7) is 3.50. The molecule has 4 rings (SSSR count). The maximum absolute atomic E-state index is 6.34. The van der Waals surface area contributed by atoms with Crippen LogP contribution in [0.1, 0.15) is 24.8 Å². The Hall–Kier alpha value is -1.38. The molecule has 1 aliphatic heterocycles. The van der Waals surface area contributed by atoms with Crippen LogP contribution in [-0.2, 0) is 6.54 Å². The van der Waals surface area contributed by atoms with Gasteiger partial charge in [0.25, 0.3) is 0 Å². The Kier molecular flexibility index (Phi) is 3.44. The van der Waals surface area contributed by atoms with Crippen molar-refractivity contribution in [1.29, 1.82) is 0 Å². The zero-order valence-electron chi connectivity index (χ0n) is 12.5. The summed E-state index contributed by atoms with van der Waals surface area (Å²) in [5.74, 6) is 1.57. The molecule has 0 radical (unpaired) electrons. The lowest BCUT2D eigenvalue weighted by Crippen LogP contribution is -2.38. The van der Waals surface area contributed by atoms with E-state index in [2.05, 4.69) is 47.4 Å². The first-order valence-electron chi connectivity index (χ1n) is 8.26. The van der Waals surface area contributed by atoms with Gasteiger partial charge in [0.05, 0.1) is 0 Å². The first-order valence-corrected chi connectivity index (χ1v) is 8.26. The zero-order valence-corrected chi connectivity index (χ0v) is 12.5. The topological polar surface area (TPSA) is 29.3 Å². The Balaban J connectivity index is 1.56. The molecule has 0 bridgehead atoms. The number of likely N-dealkylation sites (tertiary alicyclic amines) is 1. The van der Waals surface area contributed by atoms with E-state index in [1.807, 2.05) is 0 Å². The average Bonchev–Trinajstić information content (AvgIpc) is 2.92. The summed E-state index contributed by atoms with van der Waals surface area (Å²) in [6.07, 6.45) is 3.93. The van der Waals surface area contributed by atoms with E-state index < -0.39 is 0 Å². The van der Waals surface area contributed by atoms with E-state index in [9.17, 15) is 0 Å². The minimum absolute atomic E-state index is 0.432. The smallest absolute Gasteiger partial charge is 0.0240 e. The number of nitrogens with zero attached hydrogens (tertiary/aromatic N) is 1. The van der Waals surface area contributed by atoms with Crippen molar-refractivity contribution in [3.63, 3.8) is 0 Å². The normalized spacial score (nSPS) is 29.7. The molecule has 0 aromatic heterocycles. The lowest BCUT2D eigenvalue weighted by molar-refractivity contribution is 0.259. The zero-order chi connectivity index (χ0) is 14.2. The molecular formula is C19H24N2. The third kappa shape index (κ3) is 2.47. The number of hydrogen-bond donors (Lipinski definition) is 1. The van der Waals surface area contributed by atoms with E-state index in [-0.39, 0.29) is 0 Å². The van der Waals surface area contributed by atoms with E-state index in [4.69, 9.17) is 5.73 Å². The van der Waals surface area contributed by atoms with Gasteiger partial charge < -0.3 is 5.73 Å². The van der Waals surface area contributed by atoms with E-state index in [1.54, 1.807) is 0 Å². The molecule has 2 N–H and O–H groups in total. The molecule has 110 valence electrons. The Morgan fingerprint density at radius 2 is 1.86 bits per heavy atom. The van der Waals surface area contributed by atoms with Crippen molar-refractivity contribution in [2.45, 2.75) is 31.8 Å². The molecule has 1 aliphatic carbocycles. The molecule has 21 heavy (non-hydrogen) atoms. The van der Waals surface area contributed by atoms with Gasteiger partial charge in [0.15, 0.2) is 0 Å². The van der Waals surface area contributed by atoms with Crippen molar-refractivity contribution in [2.24, 2.45) is 17.6 Å². The molecule has 1 saturated carbocycles. The predicted molar refractivity (Wildman–Crippen MR) is 88.0 cm³/mol. The van der Waals surface area contributed by atoms with Crippen LogP contribution in [0.2, 0.25) is 0 Å². The van der Waals surface area contributed by atoms with Crippen molar-refractivity contribution in [3.8, 4) is 0 Å². The van der Waals surface area contributed by atoms with E-state index in [1.165, 1.54) is 48.7 Å². The van der Waals surface area contributed by atoms with Gasteiger partial charge in [-0.3, -0.25) is 4.90 Å². The van der Waals surface area contributed by atoms with Gasteiger partial charge in [0.2, 0.25) is 0 Å². The van der Waals surface area contributed by atoms with Gasteiger partial charge in [-0.15, -0.1) is 0 Å². The molecule has 0 spiro atoms. The van der Waals surface area contributed by atoms with E-state index in [0.717, 1.165) is 18.4 Å². The highest BCUT2D eigenvalue weighted by molar-refractivity contribution is 5.85. The summed E-state index contributed by atoms with van der Waals surface area (Å²) >= 11 is 0. The fourth-order valence-corrected chi connectivity index (χ4v) is 4.41. The van der Waals surface area contributed by atoms with Crippen LogP contribution in [0.4, 0.5) is 0 Å². The molecule has 3 atom stereocenters. The molecule has 2 aliphatic rings. The Labute approximate surface area is 126 Å². The quantitative estimate of drug-likeness (QED) is 0.913. The molecule has 2 heteroatoms. The molecule has 2 aromatic rings. The molecular weight excluding hydrogens is 256 g/mol. The van der Waals surface area contributed by atoms with Crippen LogP contribution in [0.25, 0.3) is 10.8 Å². The van der Waals surface area contributed by atoms with Gasteiger partial charge in [-0.25, -0.2) is 0 Å². The van der Waals surface area contributed by atoms with Crippen LogP contribution in [0.3, 0.4) is 0 Å². The maximum atomic E-state index is 6.34. The van der Waals surface area contributed by atoms with Crippen LogP contribution in [0, 0.1) is 11.8 Å².